The van der Waals surface area contributed by atoms with E-state index in [4.69, 9.17) is 4.74 Å². The van der Waals surface area contributed by atoms with Crippen LogP contribution >= 0.6 is 0 Å². The molecule has 0 fully saturated rings. The average molecular weight is 421 g/mol. The number of hydrogen-bond acceptors (Lipinski definition) is 4. The minimum Gasteiger partial charge on any atom is -0.424 e. The molecule has 2 amide bonds. The minimum atomic E-state index is -1.09. The van der Waals surface area contributed by atoms with Gasteiger partial charge in [-0.3, -0.25) is 14.5 Å². The molecule has 1 aliphatic heterocycles. The van der Waals surface area contributed by atoms with Crippen LogP contribution in [0, 0.1) is 0 Å². The van der Waals surface area contributed by atoms with Crippen molar-refractivity contribution in [3.63, 3.8) is 0 Å². The summed E-state index contributed by atoms with van der Waals surface area (Å²) in [5.41, 5.74) is 1.42. The number of ether oxygens (including phenoxy) is 1. The first-order valence-corrected chi connectivity index (χ1v) is 10.3. The van der Waals surface area contributed by atoms with Gasteiger partial charge in [-0.2, -0.15) is 0 Å². The first kappa shape index (κ1) is 19.7. The second-order valence-corrected chi connectivity index (χ2v) is 7.63. The highest BCUT2D eigenvalue weighted by Crippen LogP contribution is 2.29. The Morgan fingerprint density at radius 1 is 0.719 bits per heavy atom. The van der Waals surface area contributed by atoms with Crippen LogP contribution in [-0.4, -0.2) is 28.7 Å². The van der Waals surface area contributed by atoms with E-state index in [0.717, 1.165) is 21.2 Å². The van der Waals surface area contributed by atoms with Crippen molar-refractivity contribution in [1.29, 1.82) is 0 Å². The van der Waals surface area contributed by atoms with E-state index in [0.29, 0.717) is 16.9 Å². The zero-order valence-corrected chi connectivity index (χ0v) is 17.1. The van der Waals surface area contributed by atoms with E-state index in [1.165, 1.54) is 0 Å². The molecule has 0 radical (unpaired) electrons. The van der Waals surface area contributed by atoms with Crippen molar-refractivity contribution in [2.24, 2.45) is 0 Å². The maximum absolute atomic E-state index is 13.4. The highest BCUT2D eigenvalue weighted by atomic mass is 16.5. The summed E-state index contributed by atoms with van der Waals surface area (Å²) in [5, 5.41) is 1.71. The Bertz CT molecular complexity index is 1310. The second kappa shape index (κ2) is 8.12. The molecule has 4 aromatic rings. The summed E-state index contributed by atoms with van der Waals surface area (Å²) in [7, 11) is 0. The Morgan fingerprint density at radius 2 is 1.31 bits per heavy atom. The van der Waals surface area contributed by atoms with Gasteiger partial charge < -0.3 is 4.74 Å². The number of carbonyl (C=O) groups excluding carboxylic acids is 3. The van der Waals surface area contributed by atoms with Crippen LogP contribution in [0.1, 0.15) is 26.3 Å². The van der Waals surface area contributed by atoms with E-state index < -0.39 is 23.8 Å². The van der Waals surface area contributed by atoms with Gasteiger partial charge in [-0.05, 0) is 29.1 Å². The van der Waals surface area contributed by atoms with Crippen LogP contribution in [-0.2, 0) is 11.2 Å². The summed E-state index contributed by atoms with van der Waals surface area (Å²) in [6.45, 7) is 0. The number of benzene rings is 4. The van der Waals surface area contributed by atoms with Gasteiger partial charge in [0.05, 0.1) is 11.1 Å². The first-order valence-electron chi connectivity index (χ1n) is 10.3. The molecule has 32 heavy (non-hydrogen) atoms. The molecule has 1 atom stereocenters. The largest absolute Gasteiger partial charge is 0.424 e. The van der Waals surface area contributed by atoms with Crippen LogP contribution in [0.25, 0.3) is 10.8 Å². The van der Waals surface area contributed by atoms with E-state index in [2.05, 4.69) is 0 Å². The van der Waals surface area contributed by atoms with Gasteiger partial charge in [-0.25, -0.2) is 4.79 Å². The molecule has 0 N–H and O–H groups in total. The topological polar surface area (TPSA) is 63.7 Å². The molecule has 5 heteroatoms. The summed E-state index contributed by atoms with van der Waals surface area (Å²) < 4.78 is 5.78. The first-order chi connectivity index (χ1) is 15.6. The molecular weight excluding hydrogens is 402 g/mol. The quantitative estimate of drug-likeness (QED) is 0.267. The number of amides is 2. The van der Waals surface area contributed by atoms with E-state index in [9.17, 15) is 14.4 Å². The smallest absolute Gasteiger partial charge is 0.335 e. The normalized spacial score (nSPS) is 13.8. The van der Waals surface area contributed by atoms with Gasteiger partial charge >= 0.3 is 5.97 Å². The number of imide groups is 1. The monoisotopic (exact) mass is 421 g/mol. The van der Waals surface area contributed by atoms with Gasteiger partial charge in [0.2, 0.25) is 0 Å². The summed E-state index contributed by atoms with van der Waals surface area (Å²) in [4.78, 5) is 40.7. The summed E-state index contributed by atoms with van der Waals surface area (Å²) >= 11 is 0. The molecule has 0 aromatic heterocycles. The van der Waals surface area contributed by atoms with E-state index in [1.54, 1.807) is 36.4 Å². The predicted molar refractivity (Wildman–Crippen MR) is 120 cm³/mol. The SMILES string of the molecule is O=C(Oc1cccc2ccccc12)C(Cc1ccccc1)N1C(=O)c2ccccc2C1=O. The number of carbonyl (C=O) groups is 3. The Hall–Kier alpha value is -4.25. The van der Waals surface area contributed by atoms with Crippen molar-refractivity contribution in [2.45, 2.75) is 12.5 Å². The molecule has 1 heterocycles. The molecule has 4 aromatic carbocycles. The van der Waals surface area contributed by atoms with Crippen molar-refractivity contribution in [1.82, 2.24) is 4.90 Å². The number of rotatable bonds is 5. The minimum absolute atomic E-state index is 0.163. The van der Waals surface area contributed by atoms with Crippen LogP contribution < -0.4 is 4.74 Å². The third-order valence-electron chi connectivity index (χ3n) is 5.64. The molecule has 5 nitrogen and oxygen atoms in total. The van der Waals surface area contributed by atoms with Crippen molar-refractivity contribution >= 4 is 28.6 Å². The standard InChI is InChI=1S/C27H19NO4/c29-25-21-14-6-7-15-22(21)26(30)28(25)23(17-18-9-2-1-3-10-18)27(31)32-24-16-8-12-19-11-4-5-13-20(19)24/h1-16,23H,17H2. The molecule has 0 saturated carbocycles. The van der Waals surface area contributed by atoms with E-state index in [1.807, 2.05) is 60.7 Å². The van der Waals surface area contributed by atoms with Gasteiger partial charge in [0, 0.05) is 11.8 Å². The third-order valence-corrected chi connectivity index (χ3v) is 5.64. The fourth-order valence-electron chi connectivity index (χ4n) is 4.07. The predicted octanol–water partition coefficient (Wildman–Crippen LogP) is 4.65. The molecule has 0 spiro atoms. The van der Waals surface area contributed by atoms with E-state index in [-0.39, 0.29) is 6.42 Å². The van der Waals surface area contributed by atoms with Crippen molar-refractivity contribution in [2.75, 3.05) is 0 Å². The van der Waals surface area contributed by atoms with Crippen molar-refractivity contribution in [3.8, 4) is 5.75 Å². The molecular formula is C27H19NO4. The highest BCUT2D eigenvalue weighted by Gasteiger charge is 2.43. The number of fused-ring (bicyclic) bond motifs is 2. The molecule has 5 rings (SSSR count). The van der Waals surface area contributed by atoms with Crippen LogP contribution in [0.15, 0.2) is 97.1 Å². The Labute approximate surface area is 184 Å². The van der Waals surface area contributed by atoms with Gasteiger partial charge in [0.25, 0.3) is 11.8 Å². The maximum Gasteiger partial charge on any atom is 0.335 e. The molecule has 0 saturated heterocycles. The van der Waals surface area contributed by atoms with Crippen molar-refractivity contribution in [3.05, 3.63) is 114 Å². The summed E-state index contributed by atoms with van der Waals surface area (Å²) in [6, 6.07) is 27.8. The molecule has 1 aliphatic rings. The average Bonchev–Trinajstić information content (AvgIpc) is 3.08. The van der Waals surface area contributed by atoms with Crippen LogP contribution in [0.3, 0.4) is 0 Å². The number of esters is 1. The summed E-state index contributed by atoms with van der Waals surface area (Å²) in [5.74, 6) is -1.23. The zero-order valence-electron chi connectivity index (χ0n) is 17.1. The third kappa shape index (κ3) is 3.44. The molecule has 156 valence electrons. The lowest BCUT2D eigenvalue weighted by atomic mass is 10.0. The Morgan fingerprint density at radius 3 is 2.03 bits per heavy atom. The van der Waals surface area contributed by atoms with E-state index >= 15 is 0 Å². The molecule has 0 bridgehead atoms. The van der Waals surface area contributed by atoms with Crippen LogP contribution in [0.4, 0.5) is 0 Å². The molecule has 1 unspecified atom stereocenters. The van der Waals surface area contributed by atoms with Gasteiger partial charge in [-0.15, -0.1) is 0 Å². The summed E-state index contributed by atoms with van der Waals surface area (Å²) in [6.07, 6.45) is 0.163. The van der Waals surface area contributed by atoms with Crippen LogP contribution in [0.5, 0.6) is 5.75 Å². The van der Waals surface area contributed by atoms with Crippen molar-refractivity contribution < 1.29 is 19.1 Å². The zero-order chi connectivity index (χ0) is 22.1. The van der Waals surface area contributed by atoms with Gasteiger partial charge in [0.1, 0.15) is 11.8 Å². The lowest BCUT2D eigenvalue weighted by Crippen LogP contribution is -2.48. The fraction of sp³-hybridized carbons (Fsp3) is 0.0741. The lowest BCUT2D eigenvalue weighted by Gasteiger charge is -2.25. The maximum atomic E-state index is 13.4. The Kier molecular flexibility index (Phi) is 5.00. The van der Waals surface area contributed by atoms with Gasteiger partial charge in [-0.1, -0.05) is 78.9 Å². The lowest BCUT2D eigenvalue weighted by molar-refractivity contribution is -0.138. The fourth-order valence-corrected chi connectivity index (χ4v) is 4.07. The highest BCUT2D eigenvalue weighted by molar-refractivity contribution is 6.22. The number of hydrogen-bond donors (Lipinski definition) is 0. The second-order valence-electron chi connectivity index (χ2n) is 7.63. The van der Waals surface area contributed by atoms with Crippen LogP contribution in [0.2, 0.25) is 0 Å². The van der Waals surface area contributed by atoms with Gasteiger partial charge in [0.15, 0.2) is 0 Å². The Balaban J connectivity index is 1.52. The molecule has 0 aliphatic carbocycles. The number of nitrogens with zero attached hydrogens (tertiary/aromatic N) is 1.